The van der Waals surface area contributed by atoms with Crippen molar-refractivity contribution in [3.8, 4) is 5.75 Å². The lowest BCUT2D eigenvalue weighted by atomic mass is 9.93. The number of unbranched alkanes of at least 4 members (excludes halogenated alkanes) is 2. The summed E-state index contributed by atoms with van der Waals surface area (Å²) >= 11 is 6.25. The summed E-state index contributed by atoms with van der Waals surface area (Å²) in [6.45, 7) is 4.69. The molecule has 1 atom stereocenters. The van der Waals surface area contributed by atoms with Gasteiger partial charge in [0.15, 0.2) is 0 Å². The maximum absolute atomic E-state index is 6.81. The monoisotopic (exact) mass is 471 g/mol. The van der Waals surface area contributed by atoms with Crippen LogP contribution in [0.5, 0.6) is 5.75 Å². The number of nitrogens with zero attached hydrogens (tertiary/aromatic N) is 2. The summed E-state index contributed by atoms with van der Waals surface area (Å²) in [7, 11) is 1.68. The standard InChI is InChI=1S/C26H38ClN5O/c1-33-20-9-11-24-22(18-20)26(21-10-8-19(27)17-25(21)31-24)23(30)7-2-4-14-32(16-6-13-29)15-5-3-12-28/h8-11,17-18,23H,2-7,12-16,28-30H2,1H3. The number of pyridine rings is 1. The lowest BCUT2D eigenvalue weighted by Gasteiger charge is -2.23. The van der Waals surface area contributed by atoms with E-state index in [2.05, 4.69) is 4.90 Å². The lowest BCUT2D eigenvalue weighted by molar-refractivity contribution is 0.260. The molecule has 0 aliphatic heterocycles. The Bertz CT molecular complexity index is 1030. The van der Waals surface area contributed by atoms with Crippen LogP contribution in [0, 0.1) is 0 Å². The molecule has 0 aliphatic carbocycles. The minimum atomic E-state index is -0.0963. The van der Waals surface area contributed by atoms with Crippen LogP contribution in [0.25, 0.3) is 21.8 Å². The molecule has 0 saturated heterocycles. The van der Waals surface area contributed by atoms with Gasteiger partial charge in [0.25, 0.3) is 0 Å². The number of rotatable bonds is 14. The Kier molecular flexibility index (Phi) is 10.2. The van der Waals surface area contributed by atoms with Gasteiger partial charge >= 0.3 is 0 Å². The van der Waals surface area contributed by atoms with Crippen molar-refractivity contribution >= 4 is 33.4 Å². The number of hydrogen-bond acceptors (Lipinski definition) is 6. The van der Waals surface area contributed by atoms with Gasteiger partial charge in [0.05, 0.1) is 18.1 Å². The van der Waals surface area contributed by atoms with Gasteiger partial charge in [-0.3, -0.25) is 0 Å². The Balaban J connectivity index is 1.74. The zero-order chi connectivity index (χ0) is 23.6. The van der Waals surface area contributed by atoms with Crippen molar-refractivity contribution in [3.63, 3.8) is 0 Å². The number of nitrogens with two attached hydrogens (primary N) is 3. The molecule has 3 aromatic rings. The van der Waals surface area contributed by atoms with Crippen LogP contribution >= 0.6 is 11.6 Å². The van der Waals surface area contributed by atoms with Gasteiger partial charge in [0, 0.05) is 21.8 Å². The Morgan fingerprint density at radius 1 is 0.879 bits per heavy atom. The fourth-order valence-corrected chi connectivity index (χ4v) is 4.60. The highest BCUT2D eigenvalue weighted by molar-refractivity contribution is 6.31. The second kappa shape index (κ2) is 13.1. The van der Waals surface area contributed by atoms with Crippen LogP contribution < -0.4 is 21.9 Å². The number of methoxy groups -OCH3 is 1. The van der Waals surface area contributed by atoms with Crippen LogP contribution in [-0.2, 0) is 0 Å². The van der Waals surface area contributed by atoms with Gasteiger partial charge < -0.3 is 26.8 Å². The van der Waals surface area contributed by atoms with Crippen LogP contribution in [0.1, 0.15) is 50.1 Å². The molecule has 3 rings (SSSR count). The highest BCUT2D eigenvalue weighted by Crippen LogP contribution is 2.35. The molecule has 0 fully saturated rings. The van der Waals surface area contributed by atoms with Crippen LogP contribution in [0.3, 0.4) is 0 Å². The van der Waals surface area contributed by atoms with E-state index >= 15 is 0 Å². The number of aromatic nitrogens is 1. The van der Waals surface area contributed by atoms with Crippen LogP contribution in [-0.4, -0.2) is 49.7 Å². The predicted molar refractivity (Wildman–Crippen MR) is 140 cm³/mol. The summed E-state index contributed by atoms with van der Waals surface area (Å²) in [4.78, 5) is 7.33. The number of halogens is 1. The number of ether oxygens (including phenoxy) is 1. The van der Waals surface area contributed by atoms with Crippen molar-refractivity contribution in [1.82, 2.24) is 9.88 Å². The zero-order valence-electron chi connectivity index (χ0n) is 19.7. The van der Waals surface area contributed by atoms with Crippen molar-refractivity contribution in [1.29, 1.82) is 0 Å². The van der Waals surface area contributed by atoms with Gasteiger partial charge in [-0.15, -0.1) is 0 Å². The molecule has 1 heterocycles. The molecule has 1 aromatic heterocycles. The first-order valence-corrected chi connectivity index (χ1v) is 12.4. The second-order valence-corrected chi connectivity index (χ2v) is 9.09. The molecule has 1 unspecified atom stereocenters. The molecule has 2 aromatic carbocycles. The maximum atomic E-state index is 6.81. The molecule has 0 radical (unpaired) electrons. The molecule has 0 spiro atoms. The van der Waals surface area contributed by atoms with Gasteiger partial charge in [-0.2, -0.15) is 0 Å². The fraction of sp³-hybridized carbons (Fsp3) is 0.500. The van der Waals surface area contributed by atoms with E-state index in [9.17, 15) is 0 Å². The number of benzene rings is 2. The molecule has 180 valence electrons. The Labute approximate surface area is 202 Å². The lowest BCUT2D eigenvalue weighted by Crippen LogP contribution is -2.29. The van der Waals surface area contributed by atoms with Gasteiger partial charge in [-0.1, -0.05) is 24.1 Å². The Morgan fingerprint density at radius 2 is 1.61 bits per heavy atom. The summed E-state index contributed by atoms with van der Waals surface area (Å²) in [6.07, 6.45) is 6.31. The van der Waals surface area contributed by atoms with E-state index in [0.717, 1.165) is 104 Å². The van der Waals surface area contributed by atoms with Gasteiger partial charge in [0.1, 0.15) is 5.75 Å². The third-order valence-corrected chi connectivity index (χ3v) is 6.44. The quantitative estimate of drug-likeness (QED) is 0.234. The van der Waals surface area contributed by atoms with Crippen molar-refractivity contribution in [3.05, 3.63) is 47.0 Å². The molecular weight excluding hydrogens is 434 g/mol. The highest BCUT2D eigenvalue weighted by atomic mass is 35.5. The van der Waals surface area contributed by atoms with E-state index in [1.54, 1.807) is 7.11 Å². The largest absolute Gasteiger partial charge is 0.497 e. The third-order valence-electron chi connectivity index (χ3n) is 6.20. The van der Waals surface area contributed by atoms with Crippen LogP contribution in [0.15, 0.2) is 36.4 Å². The Morgan fingerprint density at radius 3 is 2.33 bits per heavy atom. The van der Waals surface area contributed by atoms with Crippen molar-refractivity contribution in [2.45, 2.75) is 44.6 Å². The molecule has 0 amide bonds. The van der Waals surface area contributed by atoms with Crippen molar-refractivity contribution in [2.24, 2.45) is 17.2 Å². The number of hydrogen-bond donors (Lipinski definition) is 3. The predicted octanol–water partition coefficient (Wildman–Crippen LogP) is 4.61. The molecule has 6 N–H and O–H groups in total. The molecule has 0 saturated carbocycles. The van der Waals surface area contributed by atoms with Crippen molar-refractivity contribution < 1.29 is 4.74 Å². The number of fused-ring (bicyclic) bond motifs is 2. The summed E-state index contributed by atoms with van der Waals surface area (Å²) < 4.78 is 5.47. The summed E-state index contributed by atoms with van der Waals surface area (Å²) in [6, 6.07) is 11.7. The van der Waals surface area contributed by atoms with E-state index in [0.29, 0.717) is 5.02 Å². The van der Waals surface area contributed by atoms with Gasteiger partial charge in [0.2, 0.25) is 0 Å². The first kappa shape index (κ1) is 25.7. The van der Waals surface area contributed by atoms with E-state index in [1.807, 2.05) is 36.4 Å². The molecule has 6 nitrogen and oxygen atoms in total. The molecular formula is C26H38ClN5O. The summed E-state index contributed by atoms with van der Waals surface area (Å²) in [5, 5.41) is 2.77. The third kappa shape index (κ3) is 7.01. The van der Waals surface area contributed by atoms with E-state index in [1.165, 1.54) is 0 Å². The first-order chi connectivity index (χ1) is 16.1. The van der Waals surface area contributed by atoms with Gasteiger partial charge in [-0.05, 0) is 101 Å². The zero-order valence-corrected chi connectivity index (χ0v) is 20.5. The average Bonchev–Trinajstić information content (AvgIpc) is 2.82. The van der Waals surface area contributed by atoms with E-state index in [-0.39, 0.29) is 6.04 Å². The molecule has 7 heteroatoms. The molecule has 0 bridgehead atoms. The summed E-state index contributed by atoms with van der Waals surface area (Å²) in [5.41, 5.74) is 21.1. The second-order valence-electron chi connectivity index (χ2n) is 8.65. The highest BCUT2D eigenvalue weighted by Gasteiger charge is 2.17. The SMILES string of the molecule is COc1ccc2nc3cc(Cl)ccc3c(C(N)CCCCN(CCCN)CCCCN)c2c1. The minimum Gasteiger partial charge on any atom is -0.497 e. The maximum Gasteiger partial charge on any atom is 0.119 e. The summed E-state index contributed by atoms with van der Waals surface area (Å²) in [5.74, 6) is 0.805. The smallest absolute Gasteiger partial charge is 0.119 e. The fourth-order valence-electron chi connectivity index (χ4n) is 4.43. The van der Waals surface area contributed by atoms with Gasteiger partial charge in [-0.25, -0.2) is 4.98 Å². The average molecular weight is 472 g/mol. The van der Waals surface area contributed by atoms with Crippen molar-refractivity contribution in [2.75, 3.05) is 39.8 Å². The minimum absolute atomic E-state index is 0.0963. The van der Waals surface area contributed by atoms with Crippen LogP contribution in [0.4, 0.5) is 0 Å². The molecule has 33 heavy (non-hydrogen) atoms. The Hall–Kier alpha value is -1.96. The van der Waals surface area contributed by atoms with E-state index in [4.69, 9.17) is 38.5 Å². The molecule has 0 aliphatic rings. The normalized spacial score (nSPS) is 12.7. The first-order valence-electron chi connectivity index (χ1n) is 12.0. The van der Waals surface area contributed by atoms with E-state index < -0.39 is 0 Å². The topological polar surface area (TPSA) is 103 Å². The van der Waals surface area contributed by atoms with Crippen LogP contribution in [0.2, 0.25) is 5.02 Å².